The van der Waals surface area contributed by atoms with Gasteiger partial charge < -0.3 is 9.80 Å². The number of hydrogen-bond donors (Lipinski definition) is 0. The fourth-order valence-corrected chi connectivity index (χ4v) is 2.46. The quantitative estimate of drug-likeness (QED) is 0.699. The van der Waals surface area contributed by atoms with Crippen molar-refractivity contribution in [3.63, 3.8) is 0 Å². The van der Waals surface area contributed by atoms with Gasteiger partial charge in [0.1, 0.15) is 11.6 Å². The molecule has 0 N–H and O–H groups in total. The Bertz CT molecular complexity index is 764. The molecule has 0 bridgehead atoms. The predicted octanol–water partition coefficient (Wildman–Crippen LogP) is 4.05. The molecular weight excluding hydrogens is 348 g/mol. The van der Waals surface area contributed by atoms with E-state index in [1.165, 1.54) is 24.3 Å². The van der Waals surface area contributed by atoms with Crippen molar-refractivity contribution < 1.29 is 8.78 Å². The van der Waals surface area contributed by atoms with Crippen LogP contribution in [0.3, 0.4) is 0 Å². The molecular formula is C17H18ClF2N5. The zero-order valence-corrected chi connectivity index (χ0v) is 14.8. The summed E-state index contributed by atoms with van der Waals surface area (Å²) in [5.74, 6) is 0.625. The maximum absolute atomic E-state index is 13.1. The number of rotatable bonds is 4. The molecule has 8 heteroatoms. The van der Waals surface area contributed by atoms with Crippen LogP contribution >= 0.6 is 12.4 Å². The van der Waals surface area contributed by atoms with Crippen molar-refractivity contribution in [1.82, 2.24) is 14.8 Å². The van der Waals surface area contributed by atoms with Gasteiger partial charge in [0.05, 0.1) is 0 Å². The van der Waals surface area contributed by atoms with Crippen molar-refractivity contribution in [1.29, 1.82) is 0 Å². The first kappa shape index (κ1) is 18.7. The molecule has 0 atom stereocenters. The van der Waals surface area contributed by atoms with Gasteiger partial charge >= 0.3 is 0 Å². The third-order valence-corrected chi connectivity index (χ3v) is 3.86. The van der Waals surface area contributed by atoms with Crippen LogP contribution in [0.4, 0.5) is 32.1 Å². The Morgan fingerprint density at radius 2 is 1.04 bits per heavy atom. The monoisotopic (exact) mass is 365 g/mol. The molecule has 0 aliphatic carbocycles. The molecule has 0 aliphatic heterocycles. The molecule has 0 spiro atoms. The van der Waals surface area contributed by atoms with Gasteiger partial charge in [-0.25, -0.2) is 8.78 Å². The first-order valence-electron chi connectivity index (χ1n) is 7.35. The zero-order valence-electron chi connectivity index (χ0n) is 14.0. The zero-order chi connectivity index (χ0) is 17.3. The van der Waals surface area contributed by atoms with Crippen LogP contribution in [-0.2, 0) is 7.05 Å². The molecule has 1 aromatic heterocycles. The lowest BCUT2D eigenvalue weighted by Crippen LogP contribution is -2.18. The van der Waals surface area contributed by atoms with E-state index in [4.69, 9.17) is 0 Å². The summed E-state index contributed by atoms with van der Waals surface area (Å²) in [6, 6.07) is 12.3. The van der Waals surface area contributed by atoms with Crippen LogP contribution in [0.15, 0.2) is 48.5 Å². The molecule has 1 heterocycles. The number of nitrogens with zero attached hydrogens (tertiary/aromatic N) is 5. The minimum Gasteiger partial charge on any atom is -0.314 e. The fraction of sp³-hybridized carbons (Fsp3) is 0.176. The minimum atomic E-state index is -0.290. The van der Waals surface area contributed by atoms with E-state index in [0.29, 0.717) is 11.9 Å². The minimum absolute atomic E-state index is 0. The second-order valence-electron chi connectivity index (χ2n) is 5.43. The maximum Gasteiger partial charge on any atom is 0.232 e. The van der Waals surface area contributed by atoms with Gasteiger partial charge in [-0.2, -0.15) is 0 Å². The van der Waals surface area contributed by atoms with Crippen LogP contribution in [0.2, 0.25) is 0 Å². The molecule has 0 saturated heterocycles. The number of aromatic nitrogens is 3. The van der Waals surface area contributed by atoms with Crippen LogP contribution in [0, 0.1) is 11.6 Å². The highest BCUT2D eigenvalue weighted by Gasteiger charge is 2.17. The van der Waals surface area contributed by atoms with Crippen molar-refractivity contribution in [3.8, 4) is 0 Å². The summed E-state index contributed by atoms with van der Waals surface area (Å²) in [6.07, 6.45) is 0. The highest BCUT2D eigenvalue weighted by atomic mass is 35.5. The van der Waals surface area contributed by atoms with Gasteiger partial charge in [0, 0.05) is 32.5 Å². The summed E-state index contributed by atoms with van der Waals surface area (Å²) in [7, 11) is 5.50. The number of halogens is 3. The first-order chi connectivity index (χ1) is 11.5. The lowest BCUT2D eigenvalue weighted by atomic mass is 10.3. The van der Waals surface area contributed by atoms with Gasteiger partial charge in [-0.1, -0.05) is 0 Å². The van der Waals surface area contributed by atoms with Crippen molar-refractivity contribution in [2.24, 2.45) is 7.05 Å². The van der Waals surface area contributed by atoms with Crippen molar-refractivity contribution in [2.75, 3.05) is 23.9 Å². The smallest absolute Gasteiger partial charge is 0.232 e. The normalized spacial score (nSPS) is 10.3. The Kier molecular flexibility index (Phi) is 5.58. The van der Waals surface area contributed by atoms with E-state index >= 15 is 0 Å². The van der Waals surface area contributed by atoms with Crippen molar-refractivity contribution >= 4 is 35.7 Å². The van der Waals surface area contributed by atoms with Crippen LogP contribution < -0.4 is 9.80 Å². The van der Waals surface area contributed by atoms with Gasteiger partial charge in [-0.05, 0) is 48.5 Å². The van der Waals surface area contributed by atoms with E-state index in [2.05, 4.69) is 10.2 Å². The van der Waals surface area contributed by atoms with Crippen LogP contribution in [-0.4, -0.2) is 28.9 Å². The Morgan fingerprint density at radius 3 is 1.36 bits per heavy atom. The molecule has 0 fully saturated rings. The fourth-order valence-electron chi connectivity index (χ4n) is 2.46. The van der Waals surface area contributed by atoms with Crippen LogP contribution in [0.1, 0.15) is 0 Å². The van der Waals surface area contributed by atoms with Crippen LogP contribution in [0.5, 0.6) is 0 Å². The van der Waals surface area contributed by atoms with E-state index in [0.717, 1.165) is 11.4 Å². The molecule has 2 aromatic carbocycles. The first-order valence-corrected chi connectivity index (χ1v) is 7.35. The topological polar surface area (TPSA) is 37.2 Å². The summed E-state index contributed by atoms with van der Waals surface area (Å²) in [4.78, 5) is 3.63. The number of benzene rings is 2. The Morgan fingerprint density at radius 1 is 0.720 bits per heavy atom. The molecule has 0 aliphatic rings. The molecule has 0 amide bonds. The molecule has 0 radical (unpaired) electrons. The Hall–Kier alpha value is -2.67. The molecule has 0 unspecified atom stereocenters. The second kappa shape index (κ2) is 7.48. The molecule has 3 rings (SSSR count). The lowest BCUT2D eigenvalue weighted by Gasteiger charge is -2.21. The number of anilines is 4. The van der Waals surface area contributed by atoms with Gasteiger partial charge in [-0.3, -0.25) is 4.57 Å². The van der Waals surface area contributed by atoms with Gasteiger partial charge in [0.2, 0.25) is 11.9 Å². The summed E-state index contributed by atoms with van der Waals surface area (Å²) in [5.41, 5.74) is 1.59. The second-order valence-corrected chi connectivity index (χ2v) is 5.43. The number of hydrogen-bond acceptors (Lipinski definition) is 4. The molecule has 25 heavy (non-hydrogen) atoms. The van der Waals surface area contributed by atoms with E-state index in [1.807, 2.05) is 35.5 Å². The standard InChI is InChI=1S/C17H17F2N5.ClH/c1-22(14-8-4-12(18)5-9-14)16-20-21-17(24(16)3)23(2)15-10-6-13(19)7-11-15;/h4-11H,1-3H3;1H. The molecule has 132 valence electrons. The third kappa shape index (κ3) is 3.71. The van der Waals surface area contributed by atoms with Crippen molar-refractivity contribution in [3.05, 3.63) is 60.2 Å². The average Bonchev–Trinajstić information content (AvgIpc) is 2.96. The Labute approximate surface area is 150 Å². The maximum atomic E-state index is 13.1. The predicted molar refractivity (Wildman–Crippen MR) is 97.2 cm³/mol. The van der Waals surface area contributed by atoms with Gasteiger partial charge in [0.15, 0.2) is 0 Å². The molecule has 5 nitrogen and oxygen atoms in total. The van der Waals surface area contributed by atoms with Crippen molar-refractivity contribution in [2.45, 2.75) is 0 Å². The highest BCUT2D eigenvalue weighted by molar-refractivity contribution is 5.85. The summed E-state index contributed by atoms with van der Waals surface area (Å²) in [5, 5.41) is 8.42. The Balaban J connectivity index is 0.00000225. The SMILES string of the molecule is CN(c1ccc(F)cc1)c1nnc(N(C)c2ccc(F)cc2)n1C.Cl. The molecule has 3 aromatic rings. The highest BCUT2D eigenvalue weighted by Crippen LogP contribution is 2.27. The molecule has 0 saturated carbocycles. The lowest BCUT2D eigenvalue weighted by molar-refractivity contribution is 0.627. The van der Waals surface area contributed by atoms with E-state index in [1.54, 1.807) is 24.3 Å². The summed E-state index contributed by atoms with van der Waals surface area (Å²) < 4.78 is 28.0. The van der Waals surface area contributed by atoms with E-state index < -0.39 is 0 Å². The van der Waals surface area contributed by atoms with Crippen LogP contribution in [0.25, 0.3) is 0 Å². The van der Waals surface area contributed by atoms with Gasteiger partial charge in [0.25, 0.3) is 0 Å². The summed E-state index contributed by atoms with van der Waals surface area (Å²) >= 11 is 0. The van der Waals surface area contributed by atoms with E-state index in [-0.39, 0.29) is 24.0 Å². The average molecular weight is 366 g/mol. The van der Waals surface area contributed by atoms with E-state index in [9.17, 15) is 8.78 Å². The largest absolute Gasteiger partial charge is 0.314 e. The third-order valence-electron chi connectivity index (χ3n) is 3.86. The van der Waals surface area contributed by atoms with Gasteiger partial charge in [-0.15, -0.1) is 22.6 Å². The summed E-state index contributed by atoms with van der Waals surface area (Å²) in [6.45, 7) is 0.